The summed E-state index contributed by atoms with van der Waals surface area (Å²) in [5.41, 5.74) is 3.05. The molecule has 4 heteroatoms. The number of carbonyl (C=O) groups is 1. The number of rotatable bonds is 3. The molecule has 3 aromatic rings. The van der Waals surface area contributed by atoms with Crippen molar-refractivity contribution in [3.63, 3.8) is 0 Å². The Balaban J connectivity index is 2.12. The number of para-hydroxylation sites is 2. The number of benzene rings is 2. The van der Waals surface area contributed by atoms with Gasteiger partial charge in [0.25, 0.3) is 0 Å². The van der Waals surface area contributed by atoms with Crippen molar-refractivity contribution in [3.8, 4) is 17.2 Å². The van der Waals surface area contributed by atoms with Gasteiger partial charge in [-0.25, -0.2) is 9.78 Å². The maximum absolute atomic E-state index is 11.5. The first-order chi connectivity index (χ1) is 10.2. The SMILES string of the molecule is C=CC(=O)Oc1cc(C)ccc1-c1nc2ccccc2o1. The van der Waals surface area contributed by atoms with Crippen molar-refractivity contribution >= 4 is 17.1 Å². The second kappa shape index (κ2) is 5.25. The second-order valence-electron chi connectivity index (χ2n) is 4.61. The average molecular weight is 279 g/mol. The van der Waals surface area contributed by atoms with Gasteiger partial charge in [-0.05, 0) is 36.8 Å². The second-order valence-corrected chi connectivity index (χ2v) is 4.61. The van der Waals surface area contributed by atoms with Crippen molar-refractivity contribution < 1.29 is 13.9 Å². The standard InChI is InChI=1S/C17H13NO3/c1-3-16(19)20-15-10-11(2)8-9-12(15)17-18-13-6-4-5-7-14(13)21-17/h3-10H,1H2,2H3. The van der Waals surface area contributed by atoms with Crippen molar-refractivity contribution in [2.24, 2.45) is 0 Å². The molecule has 0 N–H and O–H groups in total. The summed E-state index contributed by atoms with van der Waals surface area (Å²) >= 11 is 0. The van der Waals surface area contributed by atoms with E-state index in [9.17, 15) is 4.79 Å². The molecule has 3 rings (SSSR count). The average Bonchev–Trinajstić information content (AvgIpc) is 2.90. The lowest BCUT2D eigenvalue weighted by Crippen LogP contribution is -2.04. The van der Waals surface area contributed by atoms with E-state index < -0.39 is 5.97 Å². The van der Waals surface area contributed by atoms with Crippen molar-refractivity contribution in [1.82, 2.24) is 4.98 Å². The highest BCUT2D eigenvalue weighted by atomic mass is 16.5. The fourth-order valence-corrected chi connectivity index (χ4v) is 2.03. The van der Waals surface area contributed by atoms with Crippen LogP contribution in [0.5, 0.6) is 5.75 Å². The first kappa shape index (κ1) is 13.1. The number of esters is 1. The molecule has 0 saturated heterocycles. The number of nitrogens with zero attached hydrogens (tertiary/aromatic N) is 1. The van der Waals surface area contributed by atoms with Gasteiger partial charge in [-0.1, -0.05) is 24.8 Å². The highest BCUT2D eigenvalue weighted by Crippen LogP contribution is 2.32. The summed E-state index contributed by atoms with van der Waals surface area (Å²) in [5, 5.41) is 0. The third-order valence-corrected chi connectivity index (χ3v) is 3.04. The molecule has 0 spiro atoms. The number of oxazole rings is 1. The van der Waals surface area contributed by atoms with E-state index in [-0.39, 0.29) is 0 Å². The van der Waals surface area contributed by atoms with E-state index in [1.807, 2.05) is 43.3 Å². The van der Waals surface area contributed by atoms with Crippen LogP contribution in [0.4, 0.5) is 0 Å². The summed E-state index contributed by atoms with van der Waals surface area (Å²) in [6.45, 7) is 5.32. The van der Waals surface area contributed by atoms with Crippen LogP contribution in [0.1, 0.15) is 5.56 Å². The van der Waals surface area contributed by atoms with Crippen LogP contribution < -0.4 is 4.74 Å². The van der Waals surface area contributed by atoms with Gasteiger partial charge in [0.2, 0.25) is 5.89 Å². The van der Waals surface area contributed by atoms with Gasteiger partial charge in [0.15, 0.2) is 5.58 Å². The van der Waals surface area contributed by atoms with E-state index in [1.54, 1.807) is 6.07 Å². The lowest BCUT2D eigenvalue weighted by atomic mass is 10.1. The predicted molar refractivity (Wildman–Crippen MR) is 80.0 cm³/mol. The van der Waals surface area contributed by atoms with Crippen LogP contribution >= 0.6 is 0 Å². The molecule has 0 aliphatic heterocycles. The molecule has 2 aromatic carbocycles. The van der Waals surface area contributed by atoms with Crippen LogP contribution in [-0.4, -0.2) is 11.0 Å². The number of fused-ring (bicyclic) bond motifs is 1. The van der Waals surface area contributed by atoms with Crippen molar-refractivity contribution in [1.29, 1.82) is 0 Å². The summed E-state index contributed by atoms with van der Waals surface area (Å²) in [6, 6.07) is 13.0. The van der Waals surface area contributed by atoms with E-state index >= 15 is 0 Å². The van der Waals surface area contributed by atoms with Gasteiger partial charge in [-0.3, -0.25) is 0 Å². The number of carbonyl (C=O) groups excluding carboxylic acids is 1. The van der Waals surface area contributed by atoms with Gasteiger partial charge in [-0.2, -0.15) is 0 Å². The molecule has 0 saturated carbocycles. The molecule has 0 aliphatic rings. The van der Waals surface area contributed by atoms with Crippen molar-refractivity contribution in [2.75, 3.05) is 0 Å². The summed E-state index contributed by atoms with van der Waals surface area (Å²) in [4.78, 5) is 15.9. The van der Waals surface area contributed by atoms with Crippen LogP contribution in [0.3, 0.4) is 0 Å². The number of hydrogen-bond acceptors (Lipinski definition) is 4. The molecule has 0 aliphatic carbocycles. The Labute approximate surface area is 121 Å². The molecule has 0 unspecified atom stereocenters. The lowest BCUT2D eigenvalue weighted by molar-refractivity contribution is -0.128. The summed E-state index contributed by atoms with van der Waals surface area (Å²) in [5.74, 6) is 0.312. The lowest BCUT2D eigenvalue weighted by Gasteiger charge is -2.07. The predicted octanol–water partition coefficient (Wildman–Crippen LogP) is 3.89. The Morgan fingerprint density at radius 2 is 2.10 bits per heavy atom. The molecule has 4 nitrogen and oxygen atoms in total. The van der Waals surface area contributed by atoms with Gasteiger partial charge in [0.1, 0.15) is 11.3 Å². The molecule has 1 heterocycles. The first-order valence-corrected chi connectivity index (χ1v) is 6.48. The van der Waals surface area contributed by atoms with Crippen molar-refractivity contribution in [2.45, 2.75) is 6.92 Å². The van der Waals surface area contributed by atoms with E-state index in [4.69, 9.17) is 9.15 Å². The minimum Gasteiger partial charge on any atom is -0.436 e. The molecule has 0 fully saturated rings. The topological polar surface area (TPSA) is 52.3 Å². The molecule has 0 bridgehead atoms. The van der Waals surface area contributed by atoms with Gasteiger partial charge in [0.05, 0.1) is 5.56 Å². The first-order valence-electron chi connectivity index (χ1n) is 6.48. The molecule has 104 valence electrons. The van der Waals surface area contributed by atoms with Crippen LogP contribution in [0, 0.1) is 6.92 Å². The summed E-state index contributed by atoms with van der Waals surface area (Å²) < 4.78 is 11.0. The molecular formula is C17H13NO3. The van der Waals surface area contributed by atoms with Gasteiger partial charge < -0.3 is 9.15 Å². The monoisotopic (exact) mass is 279 g/mol. The van der Waals surface area contributed by atoms with E-state index in [0.717, 1.165) is 17.2 Å². The highest BCUT2D eigenvalue weighted by Gasteiger charge is 2.15. The number of aromatic nitrogens is 1. The fraction of sp³-hybridized carbons (Fsp3) is 0.0588. The Bertz CT molecular complexity index is 800. The van der Waals surface area contributed by atoms with Crippen LogP contribution in [-0.2, 0) is 4.79 Å². The van der Waals surface area contributed by atoms with Gasteiger partial charge >= 0.3 is 5.97 Å². The number of hydrogen-bond donors (Lipinski definition) is 0. The van der Waals surface area contributed by atoms with Crippen LogP contribution in [0.15, 0.2) is 59.5 Å². The Morgan fingerprint density at radius 3 is 2.86 bits per heavy atom. The molecular weight excluding hydrogens is 266 g/mol. The highest BCUT2D eigenvalue weighted by molar-refractivity contribution is 5.85. The zero-order valence-corrected chi connectivity index (χ0v) is 11.5. The Morgan fingerprint density at radius 1 is 1.29 bits per heavy atom. The molecule has 0 atom stereocenters. The third-order valence-electron chi connectivity index (χ3n) is 3.04. The molecule has 0 radical (unpaired) electrons. The Hall–Kier alpha value is -2.88. The number of ether oxygens (including phenoxy) is 1. The van der Waals surface area contributed by atoms with Crippen molar-refractivity contribution in [3.05, 3.63) is 60.7 Å². The Kier molecular flexibility index (Phi) is 3.28. The minimum atomic E-state index is -0.516. The zero-order valence-electron chi connectivity index (χ0n) is 11.5. The summed E-state index contributed by atoms with van der Waals surface area (Å²) in [7, 11) is 0. The van der Waals surface area contributed by atoms with E-state index in [1.165, 1.54) is 0 Å². The summed E-state index contributed by atoms with van der Waals surface area (Å²) in [6.07, 6.45) is 1.12. The molecule has 21 heavy (non-hydrogen) atoms. The zero-order chi connectivity index (χ0) is 14.8. The molecule has 1 aromatic heterocycles. The normalized spacial score (nSPS) is 10.5. The largest absolute Gasteiger partial charge is 0.436 e. The maximum Gasteiger partial charge on any atom is 0.335 e. The van der Waals surface area contributed by atoms with Gasteiger partial charge in [0, 0.05) is 6.08 Å². The number of aryl methyl sites for hydroxylation is 1. The molecule has 0 amide bonds. The fourth-order valence-electron chi connectivity index (χ4n) is 2.03. The van der Waals surface area contributed by atoms with Gasteiger partial charge in [-0.15, -0.1) is 0 Å². The third kappa shape index (κ3) is 2.56. The van der Waals surface area contributed by atoms with Crippen LogP contribution in [0.2, 0.25) is 0 Å². The van der Waals surface area contributed by atoms with E-state index in [0.29, 0.717) is 22.8 Å². The smallest absolute Gasteiger partial charge is 0.335 e. The minimum absolute atomic E-state index is 0.409. The van der Waals surface area contributed by atoms with E-state index in [2.05, 4.69) is 11.6 Å². The van der Waals surface area contributed by atoms with Crippen LogP contribution in [0.25, 0.3) is 22.6 Å². The quantitative estimate of drug-likeness (QED) is 0.414. The maximum atomic E-state index is 11.5.